The van der Waals surface area contributed by atoms with Crippen molar-refractivity contribution in [2.45, 2.75) is 57.8 Å². The normalized spacial score (nSPS) is 28.0. The van der Waals surface area contributed by atoms with Crippen LogP contribution >= 0.6 is 0 Å². The van der Waals surface area contributed by atoms with E-state index < -0.39 is 10.0 Å². The summed E-state index contributed by atoms with van der Waals surface area (Å²) in [6.45, 7) is 3.69. The Morgan fingerprint density at radius 1 is 0.939 bits per heavy atom. The Kier molecular flexibility index (Phi) is 5.55. The maximum Gasteiger partial charge on any atom is 0.245 e. The number of carbonyl (C=O) groups is 1. The molecule has 0 spiro atoms. The number of nitrogens with zero attached hydrogens (tertiary/aromatic N) is 1. The number of nitrogens with one attached hydrogen (secondary N) is 1. The third-order valence-corrected chi connectivity index (χ3v) is 9.14. The Morgan fingerprint density at radius 3 is 1.94 bits per heavy atom. The fourth-order valence-corrected chi connectivity index (χ4v) is 8.08. The van der Waals surface area contributed by atoms with Crippen LogP contribution in [-0.2, 0) is 20.2 Å². The van der Waals surface area contributed by atoms with Crippen molar-refractivity contribution in [2.24, 2.45) is 17.8 Å². The molecule has 0 atom stereocenters. The van der Waals surface area contributed by atoms with Gasteiger partial charge in [0, 0.05) is 5.69 Å². The lowest BCUT2D eigenvalue weighted by molar-refractivity contribution is -0.114. The summed E-state index contributed by atoms with van der Waals surface area (Å²) in [5, 5.41) is 2.85. The number of rotatable bonds is 6. The second kappa shape index (κ2) is 8.15. The minimum absolute atomic E-state index is 0.247. The van der Waals surface area contributed by atoms with Gasteiger partial charge in [0.1, 0.15) is 6.54 Å². The van der Waals surface area contributed by atoms with Gasteiger partial charge in [0.25, 0.3) is 0 Å². The van der Waals surface area contributed by atoms with Crippen molar-refractivity contribution in [1.29, 1.82) is 0 Å². The highest BCUT2D eigenvalue weighted by Gasteiger charge is 2.51. The van der Waals surface area contributed by atoms with Crippen LogP contribution in [0, 0.1) is 31.6 Å². The molecule has 4 fully saturated rings. The van der Waals surface area contributed by atoms with E-state index in [0.717, 1.165) is 35.1 Å². The van der Waals surface area contributed by atoms with Gasteiger partial charge in [-0.15, -0.1) is 0 Å². The molecule has 0 unspecified atom stereocenters. The van der Waals surface area contributed by atoms with E-state index in [0.29, 0.717) is 11.4 Å². The number of anilines is 2. The lowest BCUT2D eigenvalue weighted by Crippen LogP contribution is -2.48. The molecule has 0 heterocycles. The van der Waals surface area contributed by atoms with Crippen LogP contribution in [0.1, 0.15) is 55.2 Å². The lowest BCUT2D eigenvalue weighted by Gasteiger charge is -2.57. The summed E-state index contributed by atoms with van der Waals surface area (Å²) >= 11 is 0. The molecule has 0 saturated heterocycles. The van der Waals surface area contributed by atoms with Gasteiger partial charge in [-0.25, -0.2) is 8.42 Å². The molecule has 5 nitrogen and oxygen atoms in total. The third-order valence-electron chi connectivity index (χ3n) is 8.00. The average Bonchev–Trinajstić information content (AvgIpc) is 2.69. The Bertz CT molecular complexity index is 1110. The zero-order chi connectivity index (χ0) is 23.4. The van der Waals surface area contributed by atoms with Crippen LogP contribution in [-0.4, -0.2) is 27.1 Å². The van der Waals surface area contributed by atoms with E-state index in [1.165, 1.54) is 48.4 Å². The fraction of sp³-hybridized carbons (Fsp3) is 0.519. The predicted octanol–water partition coefficient (Wildman–Crippen LogP) is 5.18. The first-order chi connectivity index (χ1) is 15.6. The summed E-state index contributed by atoms with van der Waals surface area (Å²) in [4.78, 5) is 12.7. The van der Waals surface area contributed by atoms with Gasteiger partial charge in [-0.2, -0.15) is 0 Å². The van der Waals surface area contributed by atoms with E-state index in [1.807, 2.05) is 44.2 Å². The number of aryl methyl sites for hydroxylation is 2. The van der Waals surface area contributed by atoms with Gasteiger partial charge in [0.15, 0.2) is 0 Å². The Hall–Kier alpha value is -2.34. The molecule has 0 aliphatic heterocycles. The van der Waals surface area contributed by atoms with E-state index >= 15 is 0 Å². The smallest absolute Gasteiger partial charge is 0.245 e. The van der Waals surface area contributed by atoms with E-state index in [9.17, 15) is 13.2 Å². The van der Waals surface area contributed by atoms with Gasteiger partial charge in [0.05, 0.1) is 11.9 Å². The van der Waals surface area contributed by atoms with E-state index in [4.69, 9.17) is 0 Å². The predicted molar refractivity (Wildman–Crippen MR) is 133 cm³/mol. The molecule has 4 saturated carbocycles. The van der Waals surface area contributed by atoms with Gasteiger partial charge < -0.3 is 5.32 Å². The maximum atomic E-state index is 12.7. The number of benzene rings is 2. The number of carbonyl (C=O) groups excluding carboxylic acids is 1. The number of amides is 1. The Morgan fingerprint density at radius 2 is 1.45 bits per heavy atom. The van der Waals surface area contributed by atoms with Crippen LogP contribution in [0.3, 0.4) is 0 Å². The number of sulfonamides is 1. The van der Waals surface area contributed by atoms with Crippen molar-refractivity contribution in [2.75, 3.05) is 22.4 Å². The zero-order valence-electron chi connectivity index (χ0n) is 19.8. The van der Waals surface area contributed by atoms with Crippen LogP contribution in [0.5, 0.6) is 0 Å². The highest BCUT2D eigenvalue weighted by atomic mass is 32.2. The lowest BCUT2D eigenvalue weighted by atomic mass is 9.48. The van der Waals surface area contributed by atoms with Gasteiger partial charge in [-0.3, -0.25) is 9.10 Å². The molecule has 0 radical (unpaired) electrons. The third kappa shape index (κ3) is 4.54. The van der Waals surface area contributed by atoms with Crippen LogP contribution in [0.15, 0.2) is 42.5 Å². The minimum Gasteiger partial charge on any atom is -0.324 e. The summed E-state index contributed by atoms with van der Waals surface area (Å²) < 4.78 is 26.4. The molecule has 6 heteroatoms. The number of hydrogen-bond acceptors (Lipinski definition) is 3. The first-order valence-corrected chi connectivity index (χ1v) is 13.9. The molecule has 4 bridgehead atoms. The summed E-state index contributed by atoms with van der Waals surface area (Å²) in [6, 6.07) is 13.8. The standard InChI is InChI=1S/C27H34N2O3S/c1-18-8-19(2)10-24(9-18)28-26(30)17-29(33(3,31)32)25-6-4-23(5-7-25)27-14-20-11-21(15-27)13-22(12-20)16-27/h4-10,20-22H,11-17H2,1-3H3,(H,28,30). The summed E-state index contributed by atoms with van der Waals surface area (Å²) in [5.74, 6) is 2.22. The molecule has 6 rings (SSSR count). The molecule has 2 aromatic rings. The molecule has 33 heavy (non-hydrogen) atoms. The van der Waals surface area contributed by atoms with E-state index in [-0.39, 0.29) is 17.9 Å². The van der Waals surface area contributed by atoms with Crippen LogP contribution in [0.25, 0.3) is 0 Å². The van der Waals surface area contributed by atoms with Gasteiger partial charge >= 0.3 is 0 Å². The fourth-order valence-electron chi connectivity index (χ4n) is 7.22. The molecule has 0 aromatic heterocycles. The molecule has 4 aliphatic rings. The monoisotopic (exact) mass is 466 g/mol. The maximum absolute atomic E-state index is 12.7. The second-order valence-corrected chi connectivity index (χ2v) is 12.8. The second-order valence-electron chi connectivity index (χ2n) is 10.9. The van der Waals surface area contributed by atoms with Crippen molar-refractivity contribution in [3.8, 4) is 0 Å². The van der Waals surface area contributed by atoms with Crippen molar-refractivity contribution in [3.05, 3.63) is 59.2 Å². The number of hydrogen-bond donors (Lipinski definition) is 1. The van der Waals surface area contributed by atoms with Crippen molar-refractivity contribution in [3.63, 3.8) is 0 Å². The first kappa shape index (κ1) is 22.5. The summed E-state index contributed by atoms with van der Waals surface area (Å²) in [7, 11) is -3.61. The molecular weight excluding hydrogens is 432 g/mol. The van der Waals surface area contributed by atoms with Crippen molar-refractivity contribution < 1.29 is 13.2 Å². The first-order valence-electron chi connectivity index (χ1n) is 12.1. The van der Waals surface area contributed by atoms with Gasteiger partial charge in [-0.05, 0) is 116 Å². The molecule has 4 aliphatic carbocycles. The highest BCUT2D eigenvalue weighted by Crippen LogP contribution is 2.60. The molecule has 1 amide bonds. The summed E-state index contributed by atoms with van der Waals surface area (Å²) in [6.07, 6.45) is 9.16. The van der Waals surface area contributed by atoms with Crippen LogP contribution in [0.2, 0.25) is 0 Å². The zero-order valence-corrected chi connectivity index (χ0v) is 20.6. The van der Waals surface area contributed by atoms with Gasteiger partial charge in [-0.1, -0.05) is 18.2 Å². The molecular formula is C27H34N2O3S. The molecule has 176 valence electrons. The largest absolute Gasteiger partial charge is 0.324 e. The topological polar surface area (TPSA) is 66.5 Å². The molecule has 1 N–H and O–H groups in total. The quantitative estimate of drug-likeness (QED) is 0.638. The molecule has 2 aromatic carbocycles. The van der Waals surface area contributed by atoms with Crippen LogP contribution < -0.4 is 9.62 Å². The van der Waals surface area contributed by atoms with E-state index in [2.05, 4.69) is 17.4 Å². The van der Waals surface area contributed by atoms with Crippen molar-refractivity contribution >= 4 is 27.3 Å². The minimum atomic E-state index is -3.61. The SMILES string of the molecule is Cc1cc(C)cc(NC(=O)CN(c2ccc(C34CC5CC(CC(C5)C3)C4)cc2)S(C)(=O)=O)c1. The average molecular weight is 467 g/mol. The van der Waals surface area contributed by atoms with Crippen molar-refractivity contribution in [1.82, 2.24) is 0 Å². The van der Waals surface area contributed by atoms with E-state index in [1.54, 1.807) is 0 Å². The summed E-state index contributed by atoms with van der Waals surface area (Å²) in [5.41, 5.74) is 4.93. The Labute approximate surface area is 197 Å². The van der Waals surface area contributed by atoms with Crippen LogP contribution in [0.4, 0.5) is 11.4 Å². The van der Waals surface area contributed by atoms with Gasteiger partial charge in [0.2, 0.25) is 15.9 Å². The highest BCUT2D eigenvalue weighted by molar-refractivity contribution is 7.92. The Balaban J connectivity index is 1.35.